The SMILES string of the molecule is CCCCCCCCCCCCNC(=O)C1(C2CCN(CCC[Si](C)(C)OCC)CC2)C=CC(C)(C)C=C1. The van der Waals surface area contributed by atoms with Gasteiger partial charge in [-0.05, 0) is 77.3 Å². The summed E-state index contributed by atoms with van der Waals surface area (Å²) >= 11 is 0. The lowest BCUT2D eigenvalue weighted by Gasteiger charge is -2.43. The van der Waals surface area contributed by atoms with Gasteiger partial charge in [-0.2, -0.15) is 0 Å². The molecule has 1 aliphatic heterocycles. The third-order valence-electron chi connectivity index (χ3n) is 8.84. The van der Waals surface area contributed by atoms with Crippen LogP contribution in [0, 0.1) is 16.7 Å². The zero-order valence-corrected chi connectivity index (χ0v) is 27.1. The highest BCUT2D eigenvalue weighted by molar-refractivity contribution is 6.71. The lowest BCUT2D eigenvalue weighted by atomic mass is 9.65. The number of hydrogen-bond donors (Lipinski definition) is 1. The molecule has 1 aliphatic carbocycles. The van der Waals surface area contributed by atoms with E-state index in [1.54, 1.807) is 0 Å². The Kier molecular flexibility index (Phi) is 14.9. The number of unbranched alkanes of at least 4 members (excludes halogenated alkanes) is 9. The van der Waals surface area contributed by atoms with Crippen LogP contribution in [-0.4, -0.2) is 51.9 Å². The molecule has 1 saturated heterocycles. The van der Waals surface area contributed by atoms with Crippen molar-refractivity contribution in [2.75, 3.05) is 32.8 Å². The van der Waals surface area contributed by atoms with Gasteiger partial charge in [0.15, 0.2) is 8.32 Å². The molecular formula is C33H62N2O2Si. The maximum atomic E-state index is 13.7. The molecule has 0 aromatic heterocycles. The Bertz CT molecular complexity index is 707. The minimum atomic E-state index is -1.50. The van der Waals surface area contributed by atoms with Crippen LogP contribution in [0.25, 0.3) is 0 Å². The third kappa shape index (κ3) is 11.7. The molecule has 0 aromatic rings. The second-order valence-corrected chi connectivity index (χ2v) is 17.6. The Morgan fingerprint density at radius 2 is 1.42 bits per heavy atom. The first-order chi connectivity index (χ1) is 18.1. The third-order valence-corrected chi connectivity index (χ3v) is 11.5. The number of allylic oxidation sites excluding steroid dienone is 2. The summed E-state index contributed by atoms with van der Waals surface area (Å²) in [6.45, 7) is 18.5. The first-order valence-electron chi connectivity index (χ1n) is 16.2. The number of amides is 1. The van der Waals surface area contributed by atoms with E-state index in [0.29, 0.717) is 5.92 Å². The highest BCUT2D eigenvalue weighted by Crippen LogP contribution is 2.43. The molecule has 220 valence electrons. The molecule has 1 heterocycles. The van der Waals surface area contributed by atoms with Gasteiger partial charge >= 0.3 is 0 Å². The first-order valence-corrected chi connectivity index (χ1v) is 19.3. The molecule has 0 unspecified atom stereocenters. The zero-order chi connectivity index (χ0) is 27.9. The molecule has 1 N–H and O–H groups in total. The average molecular weight is 547 g/mol. The van der Waals surface area contributed by atoms with E-state index in [1.165, 1.54) is 70.3 Å². The standard InChI is InChI=1S/C33H62N2O2Si/c1-7-9-10-11-12-13-14-15-16-17-25-34-31(36)33(23-21-32(3,4)22-24-33)30-19-27-35(28-20-30)26-18-29-38(5,6)37-8-2/h21-24,30H,7-20,25-29H2,1-6H3,(H,34,36). The fraction of sp³-hybridized carbons (Fsp3) is 0.848. The molecule has 0 saturated carbocycles. The molecule has 5 heteroatoms. The van der Waals surface area contributed by atoms with Gasteiger partial charge in [0, 0.05) is 18.6 Å². The summed E-state index contributed by atoms with van der Waals surface area (Å²) < 4.78 is 6.01. The lowest BCUT2D eigenvalue weighted by Crippen LogP contribution is -2.49. The topological polar surface area (TPSA) is 41.6 Å². The number of likely N-dealkylation sites (tertiary alicyclic amines) is 1. The molecule has 0 aromatic carbocycles. The molecule has 1 fully saturated rings. The van der Waals surface area contributed by atoms with Gasteiger partial charge in [-0.25, -0.2) is 0 Å². The van der Waals surface area contributed by atoms with Gasteiger partial charge in [-0.3, -0.25) is 4.79 Å². The number of hydrogen-bond acceptors (Lipinski definition) is 3. The van der Waals surface area contributed by atoms with Gasteiger partial charge in [0.05, 0.1) is 5.41 Å². The second kappa shape index (κ2) is 17.0. The molecule has 2 rings (SSSR count). The minimum absolute atomic E-state index is 0.0261. The van der Waals surface area contributed by atoms with Gasteiger partial charge in [0.2, 0.25) is 5.91 Å². The predicted molar refractivity (Wildman–Crippen MR) is 167 cm³/mol. The van der Waals surface area contributed by atoms with Crippen LogP contribution in [0.3, 0.4) is 0 Å². The largest absolute Gasteiger partial charge is 0.418 e. The second-order valence-electron chi connectivity index (χ2n) is 13.3. The molecule has 0 spiro atoms. The number of carbonyl (C=O) groups excluding carboxylic acids is 1. The van der Waals surface area contributed by atoms with E-state index in [4.69, 9.17) is 4.43 Å². The minimum Gasteiger partial charge on any atom is -0.418 e. The van der Waals surface area contributed by atoms with Gasteiger partial charge < -0.3 is 14.6 Å². The van der Waals surface area contributed by atoms with Gasteiger partial charge in [-0.1, -0.05) is 103 Å². The van der Waals surface area contributed by atoms with Crippen LogP contribution in [-0.2, 0) is 9.22 Å². The quantitative estimate of drug-likeness (QED) is 0.100. The van der Waals surface area contributed by atoms with Crippen molar-refractivity contribution >= 4 is 14.2 Å². The summed E-state index contributed by atoms with van der Waals surface area (Å²) in [6.07, 6.45) is 25.7. The Hall–Kier alpha value is -0.913. The van der Waals surface area contributed by atoms with Crippen molar-refractivity contribution in [3.8, 4) is 0 Å². The highest BCUT2D eigenvalue weighted by atomic mass is 28.4. The lowest BCUT2D eigenvalue weighted by molar-refractivity contribution is -0.129. The molecule has 0 radical (unpaired) electrons. The summed E-state index contributed by atoms with van der Waals surface area (Å²) in [4.78, 5) is 16.3. The molecule has 0 atom stereocenters. The maximum absolute atomic E-state index is 13.7. The van der Waals surface area contributed by atoms with Crippen molar-refractivity contribution in [2.24, 2.45) is 16.7 Å². The van der Waals surface area contributed by atoms with E-state index in [9.17, 15) is 4.79 Å². The Morgan fingerprint density at radius 3 is 1.97 bits per heavy atom. The summed E-state index contributed by atoms with van der Waals surface area (Å²) in [7, 11) is -1.50. The predicted octanol–water partition coefficient (Wildman–Crippen LogP) is 8.51. The smallest absolute Gasteiger partial charge is 0.234 e. The van der Waals surface area contributed by atoms with Crippen LogP contribution >= 0.6 is 0 Å². The number of nitrogens with one attached hydrogen (secondary N) is 1. The fourth-order valence-corrected chi connectivity index (χ4v) is 8.15. The zero-order valence-electron chi connectivity index (χ0n) is 26.1. The van der Waals surface area contributed by atoms with Crippen molar-refractivity contribution in [1.82, 2.24) is 10.2 Å². The van der Waals surface area contributed by atoms with Crippen molar-refractivity contribution in [3.05, 3.63) is 24.3 Å². The van der Waals surface area contributed by atoms with E-state index >= 15 is 0 Å². The van der Waals surface area contributed by atoms with Gasteiger partial charge in [-0.15, -0.1) is 0 Å². The molecule has 0 bridgehead atoms. The van der Waals surface area contributed by atoms with Crippen LogP contribution in [0.4, 0.5) is 0 Å². The van der Waals surface area contributed by atoms with Crippen LogP contribution in [0.15, 0.2) is 24.3 Å². The van der Waals surface area contributed by atoms with E-state index in [-0.39, 0.29) is 11.3 Å². The summed E-state index contributed by atoms with van der Waals surface area (Å²) in [6, 6.07) is 1.23. The average Bonchev–Trinajstić information content (AvgIpc) is 2.88. The van der Waals surface area contributed by atoms with Crippen LogP contribution < -0.4 is 5.32 Å². The fourth-order valence-electron chi connectivity index (χ4n) is 6.22. The Morgan fingerprint density at radius 1 is 0.868 bits per heavy atom. The van der Waals surface area contributed by atoms with E-state index in [2.05, 4.69) is 75.3 Å². The number of nitrogens with zero attached hydrogens (tertiary/aromatic N) is 1. The molecular weight excluding hydrogens is 484 g/mol. The van der Waals surface area contributed by atoms with Crippen molar-refractivity contribution in [3.63, 3.8) is 0 Å². The summed E-state index contributed by atoms with van der Waals surface area (Å²) in [5.74, 6) is 0.601. The maximum Gasteiger partial charge on any atom is 0.234 e. The number of carbonyl (C=O) groups is 1. The first kappa shape index (κ1) is 33.3. The highest BCUT2D eigenvalue weighted by Gasteiger charge is 2.44. The Labute approximate surface area is 237 Å². The van der Waals surface area contributed by atoms with E-state index < -0.39 is 13.7 Å². The van der Waals surface area contributed by atoms with Crippen LogP contribution in [0.2, 0.25) is 19.1 Å². The number of piperidine rings is 1. The Balaban J connectivity index is 1.78. The normalized spacial score (nSPS) is 19.6. The van der Waals surface area contributed by atoms with Crippen molar-refractivity contribution in [2.45, 2.75) is 130 Å². The monoisotopic (exact) mass is 546 g/mol. The van der Waals surface area contributed by atoms with Crippen LogP contribution in [0.5, 0.6) is 0 Å². The summed E-state index contributed by atoms with van der Waals surface area (Å²) in [5.41, 5.74) is -0.456. The molecule has 1 amide bonds. The van der Waals surface area contributed by atoms with Crippen molar-refractivity contribution in [1.29, 1.82) is 0 Å². The van der Waals surface area contributed by atoms with E-state index in [0.717, 1.165) is 52.0 Å². The van der Waals surface area contributed by atoms with E-state index in [1.807, 2.05) is 0 Å². The molecule has 4 nitrogen and oxygen atoms in total. The van der Waals surface area contributed by atoms with Gasteiger partial charge in [0.25, 0.3) is 0 Å². The van der Waals surface area contributed by atoms with Crippen LogP contribution in [0.1, 0.15) is 111 Å². The number of rotatable bonds is 19. The summed E-state index contributed by atoms with van der Waals surface area (Å²) in [5, 5.41) is 3.35. The van der Waals surface area contributed by atoms with Gasteiger partial charge in [0.1, 0.15) is 0 Å². The molecule has 38 heavy (non-hydrogen) atoms. The van der Waals surface area contributed by atoms with Crippen molar-refractivity contribution < 1.29 is 9.22 Å². The molecule has 2 aliphatic rings.